The maximum absolute atomic E-state index is 8.36. The second-order valence-electron chi connectivity index (χ2n) is 6.51. The lowest BCUT2D eigenvalue weighted by molar-refractivity contribution is -0.122. The van der Waals surface area contributed by atoms with E-state index in [0.29, 0.717) is 5.92 Å². The Hall–Kier alpha value is -2.74. The van der Waals surface area contributed by atoms with Crippen LogP contribution in [-0.2, 0) is 4.79 Å². The van der Waals surface area contributed by atoms with E-state index in [1.54, 1.807) is 12.4 Å². The van der Waals surface area contributed by atoms with Gasteiger partial charge in [-0.05, 0) is 25.0 Å². The van der Waals surface area contributed by atoms with Crippen LogP contribution in [0.1, 0.15) is 23.8 Å². The first-order valence-corrected chi connectivity index (χ1v) is 9.62. The SMILES string of the molecule is CN(C)c1nccnc1N1CCCC(c2nc3ccccc3s2)C1.O=CO. The average Bonchev–Trinajstić information content (AvgIpc) is 3.13. The van der Waals surface area contributed by atoms with Gasteiger partial charge < -0.3 is 14.9 Å². The lowest BCUT2D eigenvalue weighted by Gasteiger charge is -2.34. The van der Waals surface area contributed by atoms with Gasteiger partial charge in [-0.1, -0.05) is 12.1 Å². The summed E-state index contributed by atoms with van der Waals surface area (Å²) in [6.07, 6.45) is 5.88. The molecule has 1 unspecified atom stereocenters. The predicted molar refractivity (Wildman–Crippen MR) is 109 cm³/mol. The van der Waals surface area contributed by atoms with Crippen LogP contribution in [0.25, 0.3) is 10.2 Å². The fourth-order valence-corrected chi connectivity index (χ4v) is 4.39. The van der Waals surface area contributed by atoms with E-state index < -0.39 is 0 Å². The van der Waals surface area contributed by atoms with E-state index in [2.05, 4.69) is 39.1 Å². The van der Waals surface area contributed by atoms with Gasteiger partial charge in [-0.3, -0.25) is 4.79 Å². The maximum atomic E-state index is 8.36. The fraction of sp³-hybridized carbons (Fsp3) is 0.368. The molecule has 1 saturated heterocycles. The zero-order valence-corrected chi connectivity index (χ0v) is 16.3. The molecule has 0 bridgehead atoms. The van der Waals surface area contributed by atoms with Crippen molar-refractivity contribution in [2.75, 3.05) is 37.0 Å². The number of piperidine rings is 1. The first-order valence-electron chi connectivity index (χ1n) is 8.80. The Morgan fingerprint density at radius 1 is 1.26 bits per heavy atom. The van der Waals surface area contributed by atoms with Gasteiger partial charge in [-0.2, -0.15) is 0 Å². The van der Waals surface area contributed by atoms with Crippen LogP contribution < -0.4 is 9.80 Å². The molecule has 3 heterocycles. The van der Waals surface area contributed by atoms with Crippen LogP contribution in [0.5, 0.6) is 0 Å². The summed E-state index contributed by atoms with van der Waals surface area (Å²) in [4.78, 5) is 26.7. The Labute approximate surface area is 162 Å². The summed E-state index contributed by atoms with van der Waals surface area (Å²) in [5.74, 6) is 2.38. The van der Waals surface area contributed by atoms with E-state index in [1.807, 2.05) is 30.3 Å². The molecule has 1 aliphatic heterocycles. The first-order chi connectivity index (χ1) is 13.1. The lowest BCUT2D eigenvalue weighted by atomic mass is 9.99. The Balaban J connectivity index is 0.000000659. The van der Waals surface area contributed by atoms with Crippen molar-refractivity contribution in [3.63, 3.8) is 0 Å². The quantitative estimate of drug-likeness (QED) is 0.693. The Bertz CT molecular complexity index is 865. The van der Waals surface area contributed by atoms with Crippen LogP contribution in [0.3, 0.4) is 0 Å². The molecule has 1 N–H and O–H groups in total. The van der Waals surface area contributed by atoms with Crippen LogP contribution in [0.2, 0.25) is 0 Å². The number of thiazole rings is 1. The van der Waals surface area contributed by atoms with Crippen LogP contribution in [0.15, 0.2) is 36.7 Å². The number of carbonyl (C=O) groups is 1. The summed E-state index contributed by atoms with van der Waals surface area (Å²) >= 11 is 1.83. The monoisotopic (exact) mass is 385 g/mol. The van der Waals surface area contributed by atoms with Gasteiger partial charge in [0.1, 0.15) is 0 Å². The number of hydrogen-bond acceptors (Lipinski definition) is 7. The number of anilines is 2. The molecule has 1 atom stereocenters. The summed E-state index contributed by atoms with van der Waals surface area (Å²) in [6, 6.07) is 8.40. The van der Waals surface area contributed by atoms with E-state index in [-0.39, 0.29) is 6.47 Å². The van der Waals surface area contributed by atoms with Crippen molar-refractivity contribution in [2.45, 2.75) is 18.8 Å². The minimum Gasteiger partial charge on any atom is -0.483 e. The number of aromatic nitrogens is 3. The van der Waals surface area contributed by atoms with Gasteiger partial charge in [-0.15, -0.1) is 11.3 Å². The summed E-state index contributed by atoms with van der Waals surface area (Å²) in [6.45, 7) is 1.74. The second kappa shape index (κ2) is 8.77. The molecule has 0 radical (unpaired) electrons. The van der Waals surface area contributed by atoms with Gasteiger partial charge >= 0.3 is 0 Å². The van der Waals surface area contributed by atoms with Gasteiger partial charge in [0.2, 0.25) is 0 Å². The van der Waals surface area contributed by atoms with E-state index in [4.69, 9.17) is 14.9 Å². The van der Waals surface area contributed by atoms with E-state index in [0.717, 1.165) is 36.7 Å². The Kier molecular flexibility index (Phi) is 6.18. The zero-order valence-electron chi connectivity index (χ0n) is 15.4. The van der Waals surface area contributed by atoms with E-state index in [9.17, 15) is 0 Å². The molecule has 27 heavy (non-hydrogen) atoms. The molecule has 8 heteroatoms. The molecule has 2 aromatic heterocycles. The number of benzene rings is 1. The van der Waals surface area contributed by atoms with Crippen molar-refractivity contribution in [3.05, 3.63) is 41.7 Å². The van der Waals surface area contributed by atoms with E-state index >= 15 is 0 Å². The Morgan fingerprint density at radius 2 is 2.00 bits per heavy atom. The molecular weight excluding hydrogens is 362 g/mol. The van der Waals surface area contributed by atoms with Crippen molar-refractivity contribution >= 4 is 39.7 Å². The molecule has 1 aromatic carbocycles. The zero-order chi connectivity index (χ0) is 19.2. The van der Waals surface area contributed by atoms with Gasteiger partial charge in [-0.25, -0.2) is 15.0 Å². The number of carboxylic acid groups (broad SMARTS) is 1. The third-order valence-corrected chi connectivity index (χ3v) is 5.66. The molecule has 4 rings (SSSR count). The first kappa shape index (κ1) is 19.0. The highest BCUT2D eigenvalue weighted by Gasteiger charge is 2.26. The smallest absolute Gasteiger partial charge is 0.290 e. The summed E-state index contributed by atoms with van der Waals surface area (Å²) in [5.41, 5.74) is 1.11. The number of para-hydroxylation sites is 1. The normalized spacial score (nSPS) is 16.5. The third kappa shape index (κ3) is 4.33. The fourth-order valence-electron chi connectivity index (χ4n) is 3.30. The average molecular weight is 385 g/mol. The molecule has 1 fully saturated rings. The predicted octanol–water partition coefficient (Wildman–Crippen LogP) is 3.24. The highest BCUT2D eigenvalue weighted by molar-refractivity contribution is 7.18. The van der Waals surface area contributed by atoms with Crippen molar-refractivity contribution in [1.29, 1.82) is 0 Å². The number of nitrogens with zero attached hydrogens (tertiary/aromatic N) is 5. The number of rotatable bonds is 3. The Morgan fingerprint density at radius 3 is 2.74 bits per heavy atom. The van der Waals surface area contributed by atoms with Crippen LogP contribution in [0, 0.1) is 0 Å². The lowest BCUT2D eigenvalue weighted by Crippen LogP contribution is -2.36. The van der Waals surface area contributed by atoms with Crippen LogP contribution in [-0.4, -0.2) is 53.7 Å². The summed E-state index contributed by atoms with van der Waals surface area (Å²) < 4.78 is 1.28. The molecule has 0 amide bonds. The molecule has 3 aromatic rings. The van der Waals surface area contributed by atoms with Crippen LogP contribution >= 0.6 is 11.3 Å². The van der Waals surface area contributed by atoms with Gasteiger partial charge in [0, 0.05) is 45.5 Å². The van der Waals surface area contributed by atoms with E-state index in [1.165, 1.54) is 16.1 Å². The van der Waals surface area contributed by atoms with Gasteiger partial charge in [0.05, 0.1) is 15.2 Å². The minimum absolute atomic E-state index is 0.250. The molecule has 0 saturated carbocycles. The highest BCUT2D eigenvalue weighted by Crippen LogP contribution is 2.35. The summed E-state index contributed by atoms with van der Waals surface area (Å²) in [5, 5.41) is 8.14. The number of fused-ring (bicyclic) bond motifs is 1. The summed E-state index contributed by atoms with van der Waals surface area (Å²) in [7, 11) is 4.03. The van der Waals surface area contributed by atoms with Crippen molar-refractivity contribution < 1.29 is 9.90 Å². The molecule has 0 aliphatic carbocycles. The second-order valence-corrected chi connectivity index (χ2v) is 7.57. The van der Waals surface area contributed by atoms with Crippen molar-refractivity contribution in [3.8, 4) is 0 Å². The molecule has 142 valence electrons. The molecule has 1 aliphatic rings. The highest BCUT2D eigenvalue weighted by atomic mass is 32.1. The van der Waals surface area contributed by atoms with Crippen molar-refractivity contribution in [2.24, 2.45) is 0 Å². The topological polar surface area (TPSA) is 82.5 Å². The maximum Gasteiger partial charge on any atom is 0.290 e. The largest absolute Gasteiger partial charge is 0.483 e. The van der Waals surface area contributed by atoms with Crippen LogP contribution in [0.4, 0.5) is 11.6 Å². The minimum atomic E-state index is -0.250. The third-order valence-electron chi connectivity index (χ3n) is 4.46. The molecular formula is C19H23N5O2S. The van der Waals surface area contributed by atoms with Gasteiger partial charge in [0.25, 0.3) is 6.47 Å². The molecule has 7 nitrogen and oxygen atoms in total. The number of hydrogen-bond donors (Lipinski definition) is 1. The standard InChI is InChI=1S/C18H21N5S.CH2O2/c1-22(2)16-17(20-10-9-19-16)23-11-5-6-13(12-23)18-21-14-7-3-4-8-15(14)24-18;2-1-3/h3-4,7-10,13H,5-6,11-12H2,1-2H3;1H,(H,2,3). The van der Waals surface area contributed by atoms with Gasteiger partial charge in [0.15, 0.2) is 11.6 Å². The van der Waals surface area contributed by atoms with Crippen molar-refractivity contribution in [1.82, 2.24) is 15.0 Å². The molecule has 0 spiro atoms.